The molecule has 8 heteroatoms. The zero-order chi connectivity index (χ0) is 27.0. The molecule has 1 saturated heterocycles. The molecule has 0 aromatic heterocycles. The maximum absolute atomic E-state index is 13.5. The average Bonchev–Trinajstić information content (AvgIpc) is 3.18. The van der Waals surface area contributed by atoms with Gasteiger partial charge in [-0.1, -0.05) is 43.3 Å². The Hall–Kier alpha value is -4.59. The van der Waals surface area contributed by atoms with E-state index in [1.165, 1.54) is 4.90 Å². The number of amides is 1. The molecular formula is C30H28N2O6. The topological polar surface area (TPSA) is 107 Å². The SMILES string of the molecule is CCc1ccc(C2/C(=C(/O)c3ccc4c(c3)N(C)CCO4)C(=O)C(=O)N2c2ccc(CC(=O)O)cc2)cc1. The van der Waals surface area contributed by atoms with Crippen LogP contribution in [-0.2, 0) is 27.2 Å². The van der Waals surface area contributed by atoms with E-state index in [0.29, 0.717) is 41.3 Å². The molecular weight excluding hydrogens is 484 g/mol. The number of hydrogen-bond acceptors (Lipinski definition) is 6. The molecule has 0 spiro atoms. The Morgan fingerprint density at radius 3 is 2.32 bits per heavy atom. The summed E-state index contributed by atoms with van der Waals surface area (Å²) < 4.78 is 5.71. The molecule has 0 bridgehead atoms. The smallest absolute Gasteiger partial charge is 0.307 e. The van der Waals surface area contributed by atoms with Crippen LogP contribution in [0.1, 0.15) is 35.2 Å². The lowest BCUT2D eigenvalue weighted by molar-refractivity contribution is -0.136. The molecule has 5 rings (SSSR count). The minimum absolute atomic E-state index is 0.00630. The standard InChI is InChI=1S/C30H28N2O6/c1-3-18-4-8-20(9-5-18)27-26(28(35)21-10-13-24-23(17-21)31(2)14-15-38-24)29(36)30(37)32(27)22-11-6-19(7-12-22)16-25(33)34/h4-13,17,27,35H,3,14-16H2,1-2H3,(H,33,34)/b28-26-. The second-order valence-corrected chi connectivity index (χ2v) is 9.45. The van der Waals surface area contributed by atoms with Crippen LogP contribution in [-0.4, -0.2) is 48.1 Å². The predicted molar refractivity (Wildman–Crippen MR) is 144 cm³/mol. The first-order valence-corrected chi connectivity index (χ1v) is 12.5. The zero-order valence-corrected chi connectivity index (χ0v) is 21.2. The third-order valence-electron chi connectivity index (χ3n) is 7.05. The van der Waals surface area contributed by atoms with Crippen LogP contribution in [0.25, 0.3) is 5.76 Å². The van der Waals surface area contributed by atoms with Gasteiger partial charge in [-0.05, 0) is 53.4 Å². The Kier molecular flexibility index (Phi) is 6.63. The summed E-state index contributed by atoms with van der Waals surface area (Å²) >= 11 is 0. The highest BCUT2D eigenvalue weighted by molar-refractivity contribution is 6.51. The Balaban J connectivity index is 1.64. The van der Waals surface area contributed by atoms with Gasteiger partial charge in [0.1, 0.15) is 18.1 Å². The molecule has 1 atom stereocenters. The molecule has 2 aliphatic heterocycles. The van der Waals surface area contributed by atoms with Gasteiger partial charge in [-0.3, -0.25) is 19.3 Å². The molecule has 1 fully saturated rings. The van der Waals surface area contributed by atoms with Crippen molar-refractivity contribution in [2.24, 2.45) is 0 Å². The summed E-state index contributed by atoms with van der Waals surface area (Å²) in [7, 11) is 1.92. The van der Waals surface area contributed by atoms with Crippen molar-refractivity contribution in [3.05, 3.63) is 94.6 Å². The predicted octanol–water partition coefficient (Wildman–Crippen LogP) is 4.33. The van der Waals surface area contributed by atoms with E-state index in [0.717, 1.165) is 17.7 Å². The van der Waals surface area contributed by atoms with Crippen molar-refractivity contribution in [3.63, 3.8) is 0 Å². The molecule has 2 N–H and O–H groups in total. The Morgan fingerprint density at radius 1 is 0.974 bits per heavy atom. The molecule has 8 nitrogen and oxygen atoms in total. The van der Waals surface area contributed by atoms with Gasteiger partial charge in [-0.25, -0.2) is 0 Å². The lowest BCUT2D eigenvalue weighted by Gasteiger charge is -2.28. The summed E-state index contributed by atoms with van der Waals surface area (Å²) in [6.45, 7) is 3.28. The van der Waals surface area contributed by atoms with Crippen LogP contribution in [0.15, 0.2) is 72.3 Å². The van der Waals surface area contributed by atoms with Gasteiger partial charge in [0.25, 0.3) is 11.7 Å². The number of aliphatic hydroxyl groups is 1. The number of anilines is 2. The van der Waals surface area contributed by atoms with E-state index in [4.69, 9.17) is 9.84 Å². The van der Waals surface area contributed by atoms with Gasteiger partial charge in [0.15, 0.2) is 0 Å². The molecule has 3 aromatic carbocycles. The Labute approximate surface area is 220 Å². The fraction of sp³-hybridized carbons (Fsp3) is 0.233. The number of carboxylic acids is 1. The van der Waals surface area contributed by atoms with E-state index in [9.17, 15) is 19.5 Å². The maximum Gasteiger partial charge on any atom is 0.307 e. The van der Waals surface area contributed by atoms with E-state index in [1.807, 2.05) is 43.1 Å². The molecule has 194 valence electrons. The van der Waals surface area contributed by atoms with Crippen molar-refractivity contribution in [1.29, 1.82) is 0 Å². The van der Waals surface area contributed by atoms with E-state index in [2.05, 4.69) is 0 Å². The number of aliphatic carboxylic acids is 1. The lowest BCUT2D eigenvalue weighted by Crippen LogP contribution is -2.29. The number of aliphatic hydroxyl groups excluding tert-OH is 1. The second kappa shape index (κ2) is 10.0. The summed E-state index contributed by atoms with van der Waals surface area (Å²) in [5, 5.41) is 20.6. The van der Waals surface area contributed by atoms with Crippen molar-refractivity contribution in [2.75, 3.05) is 30.0 Å². The van der Waals surface area contributed by atoms with E-state index in [1.54, 1.807) is 42.5 Å². The highest BCUT2D eigenvalue weighted by Gasteiger charge is 2.47. The summed E-state index contributed by atoms with van der Waals surface area (Å²) in [4.78, 5) is 41.3. The molecule has 1 amide bonds. The number of carboxylic acid groups (broad SMARTS) is 1. The van der Waals surface area contributed by atoms with Crippen LogP contribution >= 0.6 is 0 Å². The first-order valence-electron chi connectivity index (χ1n) is 12.5. The van der Waals surface area contributed by atoms with Crippen molar-refractivity contribution in [3.8, 4) is 5.75 Å². The number of aryl methyl sites for hydroxylation is 1. The number of nitrogens with zero attached hydrogens (tertiary/aromatic N) is 2. The number of ketones is 1. The van der Waals surface area contributed by atoms with Gasteiger partial charge in [0, 0.05) is 18.3 Å². The third kappa shape index (κ3) is 4.49. The number of fused-ring (bicyclic) bond motifs is 1. The normalized spacial score (nSPS) is 18.3. The molecule has 2 aliphatic rings. The van der Waals surface area contributed by atoms with Crippen LogP contribution < -0.4 is 14.5 Å². The quantitative estimate of drug-likeness (QED) is 0.288. The summed E-state index contributed by atoms with van der Waals surface area (Å²) in [5.41, 5.74) is 3.97. The fourth-order valence-corrected chi connectivity index (χ4v) is 4.95. The highest BCUT2D eigenvalue weighted by atomic mass is 16.5. The largest absolute Gasteiger partial charge is 0.507 e. The zero-order valence-electron chi connectivity index (χ0n) is 21.2. The summed E-state index contributed by atoms with van der Waals surface area (Å²) in [5.74, 6) is -2.09. The number of hydrogen-bond donors (Lipinski definition) is 2. The molecule has 0 radical (unpaired) electrons. The number of ether oxygens (including phenoxy) is 1. The number of carbonyl (C=O) groups is 3. The number of likely N-dealkylation sites (N-methyl/N-ethyl adjacent to an activating group) is 1. The second-order valence-electron chi connectivity index (χ2n) is 9.45. The number of Topliss-reactive ketones (excluding diaryl/α,β-unsaturated/α-hetero) is 1. The van der Waals surface area contributed by atoms with Gasteiger partial charge in [-0.15, -0.1) is 0 Å². The van der Waals surface area contributed by atoms with Crippen LogP contribution in [0.4, 0.5) is 11.4 Å². The first-order chi connectivity index (χ1) is 18.3. The van der Waals surface area contributed by atoms with Crippen molar-refractivity contribution >= 4 is 34.8 Å². The fourth-order valence-electron chi connectivity index (χ4n) is 4.95. The van der Waals surface area contributed by atoms with Crippen LogP contribution in [0.3, 0.4) is 0 Å². The van der Waals surface area contributed by atoms with Crippen LogP contribution in [0.5, 0.6) is 5.75 Å². The highest BCUT2D eigenvalue weighted by Crippen LogP contribution is 2.43. The van der Waals surface area contributed by atoms with Crippen LogP contribution in [0.2, 0.25) is 0 Å². The molecule has 3 aromatic rings. The van der Waals surface area contributed by atoms with E-state index in [-0.39, 0.29) is 17.8 Å². The molecule has 2 heterocycles. The number of benzene rings is 3. The van der Waals surface area contributed by atoms with Crippen molar-refractivity contribution in [2.45, 2.75) is 25.8 Å². The minimum atomic E-state index is -0.963. The van der Waals surface area contributed by atoms with Crippen molar-refractivity contribution < 1.29 is 29.3 Å². The summed E-state index contributed by atoms with van der Waals surface area (Å²) in [6.07, 6.45) is 0.674. The third-order valence-corrected chi connectivity index (χ3v) is 7.05. The van der Waals surface area contributed by atoms with Gasteiger partial charge < -0.3 is 19.8 Å². The first kappa shape index (κ1) is 25.1. The summed E-state index contributed by atoms with van der Waals surface area (Å²) in [6, 6.07) is 18.4. The molecule has 0 aliphatic carbocycles. The Bertz CT molecular complexity index is 1440. The van der Waals surface area contributed by atoms with Gasteiger partial charge in [0.2, 0.25) is 0 Å². The maximum atomic E-state index is 13.5. The van der Waals surface area contributed by atoms with Crippen LogP contribution in [0, 0.1) is 0 Å². The average molecular weight is 513 g/mol. The van der Waals surface area contributed by atoms with Gasteiger partial charge >= 0.3 is 5.97 Å². The monoisotopic (exact) mass is 512 g/mol. The lowest BCUT2D eigenvalue weighted by atomic mass is 9.94. The number of carbonyl (C=O) groups excluding carboxylic acids is 2. The van der Waals surface area contributed by atoms with Gasteiger partial charge in [-0.2, -0.15) is 0 Å². The van der Waals surface area contributed by atoms with E-state index < -0.39 is 23.7 Å². The minimum Gasteiger partial charge on any atom is -0.507 e. The molecule has 1 unspecified atom stereocenters. The van der Waals surface area contributed by atoms with Crippen molar-refractivity contribution in [1.82, 2.24) is 0 Å². The Morgan fingerprint density at radius 2 is 1.66 bits per heavy atom. The molecule has 0 saturated carbocycles. The van der Waals surface area contributed by atoms with Gasteiger partial charge in [0.05, 0.1) is 30.3 Å². The van der Waals surface area contributed by atoms with E-state index >= 15 is 0 Å². The number of rotatable bonds is 6. The molecule has 38 heavy (non-hydrogen) atoms.